The van der Waals surface area contributed by atoms with Crippen LogP contribution < -0.4 is 5.73 Å². The smallest absolute Gasteiger partial charge is 0.0465 e. The normalized spacial score (nSPS) is 11.6. The summed E-state index contributed by atoms with van der Waals surface area (Å²) in [5.41, 5.74) is 5.71. The zero-order valence-corrected chi connectivity index (χ0v) is 7.22. The van der Waals surface area contributed by atoms with Crippen LogP contribution in [0.1, 0.15) is 33.6 Å². The van der Waals surface area contributed by atoms with E-state index in [2.05, 4.69) is 13.8 Å². The van der Waals surface area contributed by atoms with E-state index < -0.39 is 0 Å². The molecule has 0 atom stereocenters. The lowest BCUT2D eigenvalue weighted by Gasteiger charge is -2.25. The van der Waals surface area contributed by atoms with E-state index in [1.54, 1.807) is 0 Å². The minimum Gasteiger partial charge on any atom is -0.321 e. The fourth-order valence-corrected chi connectivity index (χ4v) is 1.04. The molecule has 0 aliphatic carbocycles. The molecule has 0 fully saturated rings. The topological polar surface area (TPSA) is 26.0 Å². The molecule has 0 aromatic rings. The Kier molecular flexibility index (Phi) is 3.30. The monoisotopic (exact) mass is 145 g/mol. The first-order valence-corrected chi connectivity index (χ1v) is 3.77. The molecule has 0 radical (unpaired) electrons. The summed E-state index contributed by atoms with van der Waals surface area (Å²) in [5.74, 6) is 0. The van der Waals surface area contributed by atoms with Crippen LogP contribution in [-0.2, 0) is 0 Å². The largest absolute Gasteiger partial charge is 0.321 e. The van der Waals surface area contributed by atoms with E-state index in [1.165, 1.54) is 0 Å². The van der Waals surface area contributed by atoms with E-state index in [-0.39, 0.29) is 5.54 Å². The Morgan fingerprint density at radius 2 is 1.78 bits per heavy atom. The van der Waals surface area contributed by atoms with Crippen molar-refractivity contribution in [1.82, 2.24) is 0 Å². The lowest BCUT2D eigenvalue weighted by atomic mass is 9.91. The molecule has 0 spiro atoms. The summed E-state index contributed by atoms with van der Waals surface area (Å²) in [4.78, 5) is 0.924. The quantitative estimate of drug-likeness (QED) is 0.614. The highest BCUT2D eigenvalue weighted by molar-refractivity contribution is 7.80. The molecule has 0 rings (SSSR count). The first-order chi connectivity index (χ1) is 4.06. The molecule has 0 unspecified atom stereocenters. The van der Waals surface area contributed by atoms with E-state index in [9.17, 15) is 0 Å². The number of rotatable bonds is 3. The van der Waals surface area contributed by atoms with Crippen LogP contribution in [0, 0.1) is 0 Å². The third-order valence-electron chi connectivity index (χ3n) is 1.96. The maximum absolute atomic E-state index is 5.90. The van der Waals surface area contributed by atoms with Crippen molar-refractivity contribution in [3.05, 3.63) is 0 Å². The van der Waals surface area contributed by atoms with E-state index in [4.69, 9.17) is 18.0 Å². The van der Waals surface area contributed by atoms with Gasteiger partial charge in [0.15, 0.2) is 0 Å². The molecule has 2 N–H and O–H groups in total. The van der Waals surface area contributed by atoms with Crippen molar-refractivity contribution >= 4 is 17.1 Å². The van der Waals surface area contributed by atoms with Crippen LogP contribution in [0.25, 0.3) is 0 Å². The van der Waals surface area contributed by atoms with Crippen LogP contribution in [0.5, 0.6) is 0 Å². The molecule has 0 heterocycles. The van der Waals surface area contributed by atoms with Gasteiger partial charge in [0.2, 0.25) is 0 Å². The van der Waals surface area contributed by atoms with Crippen molar-refractivity contribution in [3.63, 3.8) is 0 Å². The highest BCUT2D eigenvalue weighted by Gasteiger charge is 2.21. The molecule has 0 amide bonds. The Morgan fingerprint density at radius 1 is 1.44 bits per heavy atom. The predicted octanol–water partition coefficient (Wildman–Crippen LogP) is 1.89. The molecular formula is C7H15NS. The first kappa shape index (κ1) is 9.05. The second kappa shape index (κ2) is 3.28. The fourth-order valence-electron chi connectivity index (χ4n) is 0.748. The van der Waals surface area contributed by atoms with Crippen LogP contribution in [-0.4, -0.2) is 10.4 Å². The summed E-state index contributed by atoms with van der Waals surface area (Å²) in [6, 6.07) is 0. The van der Waals surface area contributed by atoms with Crippen LogP contribution in [0.2, 0.25) is 0 Å². The molecule has 0 aliphatic heterocycles. The molecule has 54 valence electrons. The lowest BCUT2D eigenvalue weighted by Crippen LogP contribution is -2.44. The van der Waals surface area contributed by atoms with Crippen LogP contribution >= 0.6 is 12.2 Å². The maximum Gasteiger partial charge on any atom is 0.0465 e. The van der Waals surface area contributed by atoms with Gasteiger partial charge < -0.3 is 5.73 Å². The Labute approximate surface area is 62.6 Å². The number of hydrogen-bond acceptors (Lipinski definition) is 2. The molecule has 0 saturated carbocycles. The van der Waals surface area contributed by atoms with Gasteiger partial charge in [-0.2, -0.15) is 0 Å². The van der Waals surface area contributed by atoms with Crippen LogP contribution in [0.4, 0.5) is 0 Å². The molecule has 9 heavy (non-hydrogen) atoms. The van der Waals surface area contributed by atoms with E-state index in [0.29, 0.717) is 0 Å². The zero-order chi connectivity index (χ0) is 7.49. The zero-order valence-electron chi connectivity index (χ0n) is 6.40. The highest BCUT2D eigenvalue weighted by atomic mass is 32.1. The third kappa shape index (κ3) is 2.03. The van der Waals surface area contributed by atoms with E-state index in [0.717, 1.165) is 17.7 Å². The van der Waals surface area contributed by atoms with Gasteiger partial charge in [0, 0.05) is 10.4 Å². The van der Waals surface area contributed by atoms with E-state index in [1.807, 2.05) is 6.92 Å². The van der Waals surface area contributed by atoms with Crippen molar-refractivity contribution in [2.45, 2.75) is 39.2 Å². The molecule has 0 aromatic carbocycles. The third-order valence-corrected chi connectivity index (χ3v) is 2.37. The summed E-state index contributed by atoms with van der Waals surface area (Å²) in [6.45, 7) is 6.06. The molecule has 1 nitrogen and oxygen atoms in total. The van der Waals surface area contributed by atoms with Crippen molar-refractivity contribution in [2.24, 2.45) is 5.73 Å². The van der Waals surface area contributed by atoms with Gasteiger partial charge in [-0.25, -0.2) is 0 Å². The van der Waals surface area contributed by atoms with Crippen molar-refractivity contribution in [1.29, 1.82) is 0 Å². The maximum atomic E-state index is 5.90. The van der Waals surface area contributed by atoms with Gasteiger partial charge >= 0.3 is 0 Å². The second-order valence-electron chi connectivity index (χ2n) is 2.42. The molecule has 0 aromatic heterocycles. The molecular weight excluding hydrogens is 130 g/mol. The Bertz CT molecular complexity index is 105. The molecule has 2 heteroatoms. The van der Waals surface area contributed by atoms with Crippen molar-refractivity contribution in [2.75, 3.05) is 0 Å². The number of thiocarbonyl (C=S) groups is 1. The van der Waals surface area contributed by atoms with Crippen LogP contribution in [0.3, 0.4) is 0 Å². The fraction of sp³-hybridized carbons (Fsp3) is 0.857. The van der Waals surface area contributed by atoms with Crippen LogP contribution in [0.15, 0.2) is 0 Å². The number of nitrogens with two attached hydrogens (primary N) is 1. The van der Waals surface area contributed by atoms with Gasteiger partial charge in [-0.3, -0.25) is 0 Å². The number of hydrogen-bond donors (Lipinski definition) is 1. The minimum atomic E-state index is -0.185. The van der Waals surface area contributed by atoms with Gasteiger partial charge in [0.25, 0.3) is 0 Å². The predicted molar refractivity (Wildman–Crippen MR) is 45.8 cm³/mol. The summed E-state index contributed by atoms with van der Waals surface area (Å²) >= 11 is 5.00. The van der Waals surface area contributed by atoms with Crippen molar-refractivity contribution in [3.8, 4) is 0 Å². The second-order valence-corrected chi connectivity index (χ2v) is 3.03. The van der Waals surface area contributed by atoms with Gasteiger partial charge in [0.05, 0.1) is 0 Å². The summed E-state index contributed by atoms with van der Waals surface area (Å²) in [5, 5.41) is 0. The Morgan fingerprint density at radius 3 is 1.78 bits per heavy atom. The molecule has 0 bridgehead atoms. The van der Waals surface area contributed by atoms with Gasteiger partial charge in [-0.05, 0) is 19.8 Å². The first-order valence-electron chi connectivity index (χ1n) is 3.36. The van der Waals surface area contributed by atoms with Crippen molar-refractivity contribution < 1.29 is 0 Å². The van der Waals surface area contributed by atoms with Gasteiger partial charge in [-0.1, -0.05) is 26.1 Å². The van der Waals surface area contributed by atoms with Gasteiger partial charge in [0.1, 0.15) is 0 Å². The highest BCUT2D eigenvalue weighted by Crippen LogP contribution is 2.12. The Hall–Kier alpha value is 0.0500. The summed E-state index contributed by atoms with van der Waals surface area (Å²) < 4.78 is 0. The SMILES string of the molecule is CCC(N)(CC)C(C)=S. The minimum absolute atomic E-state index is 0.185. The summed E-state index contributed by atoms with van der Waals surface area (Å²) in [6.07, 6.45) is 1.89. The van der Waals surface area contributed by atoms with E-state index >= 15 is 0 Å². The molecule has 0 aliphatic rings. The summed E-state index contributed by atoms with van der Waals surface area (Å²) in [7, 11) is 0. The average Bonchev–Trinajstić information content (AvgIpc) is 1.86. The molecule has 0 saturated heterocycles. The average molecular weight is 145 g/mol. The lowest BCUT2D eigenvalue weighted by molar-refractivity contribution is 0.532. The Balaban J connectivity index is 4.09. The standard InChI is InChI=1S/C7H15NS/c1-4-7(8,5-2)6(3)9/h4-5,8H2,1-3H3. The van der Waals surface area contributed by atoms with Gasteiger partial charge in [-0.15, -0.1) is 0 Å².